The lowest BCUT2D eigenvalue weighted by Gasteiger charge is -2.37. The van der Waals surface area contributed by atoms with Gasteiger partial charge < -0.3 is 19.7 Å². The van der Waals surface area contributed by atoms with Gasteiger partial charge >= 0.3 is 0 Å². The van der Waals surface area contributed by atoms with Crippen molar-refractivity contribution < 1.29 is 14.3 Å². The number of anilines is 2. The Morgan fingerprint density at radius 1 is 1.17 bits per heavy atom. The Labute approximate surface area is 134 Å². The highest BCUT2D eigenvalue weighted by Gasteiger charge is 2.27. The number of hydrogen-bond acceptors (Lipinski definition) is 5. The van der Waals surface area contributed by atoms with E-state index in [0.29, 0.717) is 24.8 Å². The van der Waals surface area contributed by atoms with E-state index in [4.69, 9.17) is 9.47 Å². The molecule has 1 aromatic carbocycles. The summed E-state index contributed by atoms with van der Waals surface area (Å²) in [4.78, 5) is 18.3. The van der Waals surface area contributed by atoms with Crippen molar-refractivity contribution in [3.05, 3.63) is 48.0 Å². The van der Waals surface area contributed by atoms with Crippen LogP contribution in [0.4, 0.5) is 11.6 Å². The maximum atomic E-state index is 11.5. The number of rotatable bonds is 2. The van der Waals surface area contributed by atoms with E-state index in [-0.39, 0.29) is 18.6 Å². The van der Waals surface area contributed by atoms with Crippen LogP contribution in [-0.4, -0.2) is 37.3 Å². The Balaban J connectivity index is 1.67. The second-order valence-electron chi connectivity index (χ2n) is 5.55. The van der Waals surface area contributed by atoms with Gasteiger partial charge in [0.15, 0.2) is 18.2 Å². The standard InChI is InChI=1S/C17H17N3O3/c21-16-11-23-14-6-7-15(18-17(14)19-16)20-8-9-22-10-13(20)12-4-2-1-3-5-12/h1-7,13H,8-11H2,(H,18,19,21)/t13-/m0/s1. The normalized spacial score (nSPS) is 20.4. The molecular weight excluding hydrogens is 294 g/mol. The topological polar surface area (TPSA) is 63.7 Å². The van der Waals surface area contributed by atoms with E-state index >= 15 is 0 Å². The Morgan fingerprint density at radius 3 is 2.91 bits per heavy atom. The van der Waals surface area contributed by atoms with Crippen LogP contribution in [-0.2, 0) is 9.53 Å². The molecule has 1 atom stereocenters. The molecule has 6 heteroatoms. The minimum absolute atomic E-state index is 0.0399. The van der Waals surface area contributed by atoms with Crippen molar-refractivity contribution in [3.63, 3.8) is 0 Å². The number of ether oxygens (including phenoxy) is 2. The third-order valence-electron chi connectivity index (χ3n) is 4.07. The fourth-order valence-corrected chi connectivity index (χ4v) is 2.94. The Hall–Kier alpha value is -2.60. The number of aromatic nitrogens is 1. The predicted molar refractivity (Wildman–Crippen MR) is 85.7 cm³/mol. The van der Waals surface area contributed by atoms with Crippen LogP contribution < -0.4 is 15.0 Å². The summed E-state index contributed by atoms with van der Waals surface area (Å²) in [5.74, 6) is 1.73. The monoisotopic (exact) mass is 311 g/mol. The molecule has 1 fully saturated rings. The minimum Gasteiger partial charge on any atom is -0.480 e. The van der Waals surface area contributed by atoms with E-state index in [1.807, 2.05) is 30.3 Å². The van der Waals surface area contributed by atoms with Gasteiger partial charge in [-0.3, -0.25) is 4.79 Å². The first-order valence-corrected chi connectivity index (χ1v) is 7.64. The Kier molecular flexibility index (Phi) is 3.59. The summed E-state index contributed by atoms with van der Waals surface area (Å²) < 4.78 is 11.0. The average molecular weight is 311 g/mol. The van der Waals surface area contributed by atoms with Gasteiger partial charge in [-0.05, 0) is 17.7 Å². The number of pyridine rings is 1. The van der Waals surface area contributed by atoms with Crippen molar-refractivity contribution in [2.45, 2.75) is 6.04 Å². The fourth-order valence-electron chi connectivity index (χ4n) is 2.94. The smallest absolute Gasteiger partial charge is 0.263 e. The van der Waals surface area contributed by atoms with Gasteiger partial charge in [-0.15, -0.1) is 0 Å². The molecule has 4 rings (SSSR count). The van der Waals surface area contributed by atoms with E-state index in [2.05, 4.69) is 27.3 Å². The summed E-state index contributed by atoms with van der Waals surface area (Å²) >= 11 is 0. The van der Waals surface area contributed by atoms with Crippen molar-refractivity contribution in [3.8, 4) is 5.75 Å². The first-order chi connectivity index (χ1) is 11.3. The summed E-state index contributed by atoms with van der Waals surface area (Å²) in [6.07, 6.45) is 0. The molecule has 0 bridgehead atoms. The molecule has 1 aromatic heterocycles. The lowest BCUT2D eigenvalue weighted by atomic mass is 10.0. The van der Waals surface area contributed by atoms with Gasteiger partial charge in [0.05, 0.1) is 19.3 Å². The summed E-state index contributed by atoms with van der Waals surface area (Å²) in [5.41, 5.74) is 1.19. The molecule has 1 saturated heterocycles. The zero-order valence-corrected chi connectivity index (χ0v) is 12.6. The predicted octanol–water partition coefficient (Wildman–Crippen LogP) is 1.99. The van der Waals surface area contributed by atoms with Gasteiger partial charge in [0, 0.05) is 6.54 Å². The van der Waals surface area contributed by atoms with Crippen LogP contribution in [0.1, 0.15) is 11.6 Å². The molecule has 1 amide bonds. The van der Waals surface area contributed by atoms with Crippen molar-refractivity contribution in [1.82, 2.24) is 4.98 Å². The number of morpholine rings is 1. The van der Waals surface area contributed by atoms with Crippen LogP contribution in [0.25, 0.3) is 0 Å². The van der Waals surface area contributed by atoms with E-state index in [9.17, 15) is 4.79 Å². The van der Waals surface area contributed by atoms with Crippen LogP contribution in [0.2, 0.25) is 0 Å². The average Bonchev–Trinajstić information content (AvgIpc) is 2.62. The molecule has 118 valence electrons. The largest absolute Gasteiger partial charge is 0.480 e. The fraction of sp³-hybridized carbons (Fsp3) is 0.294. The second kappa shape index (κ2) is 5.89. The van der Waals surface area contributed by atoms with Crippen molar-refractivity contribution >= 4 is 17.5 Å². The SMILES string of the molecule is O=C1COc2ccc(N3CCOC[C@H]3c3ccccc3)nc2N1. The minimum atomic E-state index is -0.177. The van der Waals surface area contributed by atoms with Crippen LogP contribution >= 0.6 is 0 Å². The summed E-state index contributed by atoms with van der Waals surface area (Å²) in [5, 5.41) is 2.76. The zero-order valence-electron chi connectivity index (χ0n) is 12.6. The van der Waals surface area contributed by atoms with Crippen molar-refractivity contribution in [1.29, 1.82) is 0 Å². The Bertz CT molecular complexity index is 720. The molecular formula is C17H17N3O3. The molecule has 2 aromatic rings. The molecule has 0 saturated carbocycles. The lowest BCUT2D eigenvalue weighted by Crippen LogP contribution is -2.40. The number of nitrogens with one attached hydrogen (secondary N) is 1. The van der Waals surface area contributed by atoms with E-state index in [0.717, 1.165) is 12.4 Å². The van der Waals surface area contributed by atoms with Gasteiger partial charge in [-0.25, -0.2) is 4.98 Å². The molecule has 1 N–H and O–H groups in total. The van der Waals surface area contributed by atoms with Crippen molar-refractivity contribution in [2.75, 3.05) is 36.6 Å². The van der Waals surface area contributed by atoms with E-state index in [1.54, 1.807) is 0 Å². The first kappa shape index (κ1) is 14.0. The number of carbonyl (C=O) groups is 1. The third-order valence-corrected chi connectivity index (χ3v) is 4.07. The first-order valence-electron chi connectivity index (χ1n) is 7.64. The molecule has 0 radical (unpaired) electrons. The molecule has 2 aliphatic rings. The molecule has 0 aliphatic carbocycles. The number of benzene rings is 1. The molecule has 2 aliphatic heterocycles. The highest BCUT2D eigenvalue weighted by atomic mass is 16.5. The third kappa shape index (κ3) is 2.73. The summed E-state index contributed by atoms with van der Waals surface area (Å²) in [6, 6.07) is 14.1. The number of fused-ring (bicyclic) bond motifs is 1. The van der Waals surface area contributed by atoms with Gasteiger partial charge in [-0.2, -0.15) is 0 Å². The maximum absolute atomic E-state index is 11.5. The highest BCUT2D eigenvalue weighted by molar-refractivity contribution is 5.94. The van der Waals surface area contributed by atoms with Crippen LogP contribution in [0, 0.1) is 0 Å². The highest BCUT2D eigenvalue weighted by Crippen LogP contribution is 2.33. The number of nitrogens with zero attached hydrogens (tertiary/aromatic N) is 2. The zero-order chi connectivity index (χ0) is 15.6. The van der Waals surface area contributed by atoms with Gasteiger partial charge in [0.25, 0.3) is 5.91 Å². The second-order valence-corrected chi connectivity index (χ2v) is 5.55. The molecule has 3 heterocycles. The molecule has 23 heavy (non-hydrogen) atoms. The lowest BCUT2D eigenvalue weighted by molar-refractivity contribution is -0.118. The summed E-state index contributed by atoms with van der Waals surface area (Å²) in [7, 11) is 0. The van der Waals surface area contributed by atoms with Crippen molar-refractivity contribution in [2.24, 2.45) is 0 Å². The van der Waals surface area contributed by atoms with Gasteiger partial charge in [0.1, 0.15) is 5.82 Å². The van der Waals surface area contributed by atoms with E-state index in [1.165, 1.54) is 5.56 Å². The van der Waals surface area contributed by atoms with Crippen LogP contribution in [0.15, 0.2) is 42.5 Å². The maximum Gasteiger partial charge on any atom is 0.263 e. The van der Waals surface area contributed by atoms with Crippen LogP contribution in [0.5, 0.6) is 5.75 Å². The summed E-state index contributed by atoms with van der Waals surface area (Å²) in [6.45, 7) is 2.06. The van der Waals surface area contributed by atoms with Gasteiger partial charge in [0.2, 0.25) is 0 Å². The Morgan fingerprint density at radius 2 is 2.04 bits per heavy atom. The molecule has 6 nitrogen and oxygen atoms in total. The molecule has 0 unspecified atom stereocenters. The number of amides is 1. The van der Waals surface area contributed by atoms with Gasteiger partial charge in [-0.1, -0.05) is 30.3 Å². The quantitative estimate of drug-likeness (QED) is 0.919. The number of hydrogen-bond donors (Lipinski definition) is 1. The van der Waals surface area contributed by atoms with Crippen LogP contribution in [0.3, 0.4) is 0 Å². The number of carbonyl (C=O) groups excluding carboxylic acids is 1. The molecule has 0 spiro atoms. The van der Waals surface area contributed by atoms with E-state index < -0.39 is 0 Å².